The standard InChI is InChI=1S/C24H26F3NO7S/c1-23(2,3)35-21(29)20-14-19(12-13-28(20)22(30)31)36(32,33)18-10-8-17(9-11-18)34-16-6-4-15(5-7-16)24(25,26)27/h4-11,19-20H,12-14H2,1-3H3,(H,30,31). The van der Waals surface area contributed by atoms with Gasteiger partial charge in [0.05, 0.1) is 15.7 Å². The molecule has 1 saturated heterocycles. The fourth-order valence-electron chi connectivity index (χ4n) is 3.77. The molecule has 0 aliphatic carbocycles. The zero-order chi connectivity index (χ0) is 26.9. The molecule has 0 spiro atoms. The van der Waals surface area contributed by atoms with Crippen LogP contribution >= 0.6 is 0 Å². The van der Waals surface area contributed by atoms with Gasteiger partial charge in [0.2, 0.25) is 0 Å². The molecule has 1 aliphatic heterocycles. The van der Waals surface area contributed by atoms with Gasteiger partial charge in [0.25, 0.3) is 0 Å². The van der Waals surface area contributed by atoms with Crippen LogP contribution in [0, 0.1) is 0 Å². The number of esters is 1. The second-order valence-corrected chi connectivity index (χ2v) is 11.5. The number of rotatable bonds is 5. The average molecular weight is 530 g/mol. The Morgan fingerprint density at radius 3 is 1.97 bits per heavy atom. The van der Waals surface area contributed by atoms with E-state index in [1.54, 1.807) is 20.8 Å². The number of benzene rings is 2. The van der Waals surface area contributed by atoms with Gasteiger partial charge in [-0.3, -0.25) is 4.90 Å². The summed E-state index contributed by atoms with van der Waals surface area (Å²) < 4.78 is 75.4. The number of carbonyl (C=O) groups excluding carboxylic acids is 1. The smallest absolute Gasteiger partial charge is 0.416 e. The van der Waals surface area contributed by atoms with Crippen molar-refractivity contribution in [1.82, 2.24) is 4.90 Å². The Hall–Kier alpha value is -3.28. The molecule has 2 atom stereocenters. The molecule has 1 heterocycles. The van der Waals surface area contributed by atoms with Gasteiger partial charge in [0.1, 0.15) is 23.1 Å². The predicted molar refractivity (Wildman–Crippen MR) is 123 cm³/mol. The summed E-state index contributed by atoms with van der Waals surface area (Å²) in [5.74, 6) is -0.467. The molecule has 1 N–H and O–H groups in total. The number of hydrogen-bond donors (Lipinski definition) is 1. The Morgan fingerprint density at radius 2 is 1.50 bits per heavy atom. The molecular weight excluding hydrogens is 503 g/mol. The Kier molecular flexibility index (Phi) is 7.58. The van der Waals surface area contributed by atoms with Crippen molar-refractivity contribution < 1.29 is 45.8 Å². The molecule has 1 aliphatic rings. The predicted octanol–water partition coefficient (Wildman–Crippen LogP) is 5.12. The number of carboxylic acid groups (broad SMARTS) is 1. The summed E-state index contributed by atoms with van der Waals surface area (Å²) in [4.78, 5) is 25.1. The van der Waals surface area contributed by atoms with E-state index in [0.29, 0.717) is 0 Å². The van der Waals surface area contributed by atoms with E-state index in [4.69, 9.17) is 9.47 Å². The number of sulfone groups is 1. The monoisotopic (exact) mass is 529 g/mol. The van der Waals surface area contributed by atoms with Crippen LogP contribution in [0.15, 0.2) is 53.4 Å². The number of nitrogens with zero attached hydrogens (tertiary/aromatic N) is 1. The van der Waals surface area contributed by atoms with Crippen LogP contribution in [0.2, 0.25) is 0 Å². The van der Waals surface area contributed by atoms with Crippen molar-refractivity contribution in [3.05, 3.63) is 54.1 Å². The third kappa shape index (κ3) is 6.48. The van der Waals surface area contributed by atoms with E-state index < -0.39 is 50.5 Å². The minimum atomic E-state index is -4.47. The van der Waals surface area contributed by atoms with Crippen LogP contribution in [0.4, 0.5) is 18.0 Å². The van der Waals surface area contributed by atoms with Crippen molar-refractivity contribution in [2.75, 3.05) is 6.54 Å². The molecule has 36 heavy (non-hydrogen) atoms. The largest absolute Gasteiger partial charge is 0.465 e. The molecule has 2 unspecified atom stereocenters. The van der Waals surface area contributed by atoms with Crippen LogP contribution in [-0.2, 0) is 25.5 Å². The van der Waals surface area contributed by atoms with Gasteiger partial charge in [-0.1, -0.05) is 0 Å². The van der Waals surface area contributed by atoms with Crippen LogP contribution in [0.5, 0.6) is 11.5 Å². The van der Waals surface area contributed by atoms with Crippen molar-refractivity contribution in [2.24, 2.45) is 0 Å². The highest BCUT2D eigenvalue weighted by atomic mass is 32.2. The lowest BCUT2D eigenvalue weighted by Gasteiger charge is -2.37. The number of carbonyl (C=O) groups is 2. The van der Waals surface area contributed by atoms with Crippen molar-refractivity contribution in [3.8, 4) is 11.5 Å². The van der Waals surface area contributed by atoms with Crippen molar-refractivity contribution in [3.63, 3.8) is 0 Å². The summed E-state index contributed by atoms with van der Waals surface area (Å²) in [5.41, 5.74) is -1.70. The maximum absolute atomic E-state index is 13.3. The Bertz CT molecular complexity index is 1200. The van der Waals surface area contributed by atoms with Gasteiger partial charge in [0, 0.05) is 6.54 Å². The van der Waals surface area contributed by atoms with E-state index in [-0.39, 0.29) is 35.8 Å². The third-order valence-electron chi connectivity index (χ3n) is 5.49. The molecule has 1 fully saturated rings. The number of ether oxygens (including phenoxy) is 2. The van der Waals surface area contributed by atoms with E-state index in [9.17, 15) is 36.3 Å². The topological polar surface area (TPSA) is 110 Å². The fourth-order valence-corrected chi connectivity index (χ4v) is 5.53. The maximum atomic E-state index is 13.3. The molecule has 196 valence electrons. The highest BCUT2D eigenvalue weighted by Crippen LogP contribution is 2.33. The van der Waals surface area contributed by atoms with Gasteiger partial charge in [-0.15, -0.1) is 0 Å². The molecule has 12 heteroatoms. The van der Waals surface area contributed by atoms with Crippen LogP contribution in [-0.4, -0.2) is 53.9 Å². The van der Waals surface area contributed by atoms with Crippen LogP contribution in [0.25, 0.3) is 0 Å². The number of halogens is 3. The highest BCUT2D eigenvalue weighted by Gasteiger charge is 2.43. The summed E-state index contributed by atoms with van der Waals surface area (Å²) >= 11 is 0. The Balaban J connectivity index is 1.75. The fraction of sp³-hybridized carbons (Fsp3) is 0.417. The molecule has 1 amide bonds. The van der Waals surface area contributed by atoms with Crippen molar-refractivity contribution >= 4 is 21.9 Å². The summed E-state index contributed by atoms with van der Waals surface area (Å²) in [6, 6.07) is 8.10. The molecule has 0 bridgehead atoms. The van der Waals surface area contributed by atoms with Gasteiger partial charge in [0.15, 0.2) is 9.84 Å². The first-order chi connectivity index (χ1) is 16.6. The minimum absolute atomic E-state index is 0.00225. The number of amides is 1. The van der Waals surface area contributed by atoms with Gasteiger partial charge in [-0.05, 0) is 82.1 Å². The van der Waals surface area contributed by atoms with Gasteiger partial charge >= 0.3 is 18.2 Å². The lowest BCUT2D eigenvalue weighted by Crippen LogP contribution is -2.53. The number of piperidine rings is 1. The van der Waals surface area contributed by atoms with E-state index in [2.05, 4.69) is 0 Å². The molecular formula is C24H26F3NO7S. The first-order valence-electron chi connectivity index (χ1n) is 11.0. The van der Waals surface area contributed by atoms with Gasteiger partial charge in [-0.25, -0.2) is 18.0 Å². The minimum Gasteiger partial charge on any atom is -0.465 e. The molecule has 2 aromatic carbocycles. The molecule has 0 aromatic heterocycles. The summed E-state index contributed by atoms with van der Waals surface area (Å²) in [5, 5.41) is 8.45. The number of hydrogen-bond acceptors (Lipinski definition) is 6. The van der Waals surface area contributed by atoms with Crippen molar-refractivity contribution in [1.29, 1.82) is 0 Å². The summed E-state index contributed by atoms with van der Waals surface area (Å²) in [6.45, 7) is 4.72. The average Bonchev–Trinajstić information content (AvgIpc) is 2.77. The van der Waals surface area contributed by atoms with E-state index >= 15 is 0 Å². The Morgan fingerprint density at radius 1 is 0.972 bits per heavy atom. The summed E-state index contributed by atoms with van der Waals surface area (Å²) in [6.07, 6.45) is -6.07. The molecule has 3 rings (SSSR count). The lowest BCUT2D eigenvalue weighted by molar-refractivity contribution is -0.161. The van der Waals surface area contributed by atoms with Crippen LogP contribution in [0.3, 0.4) is 0 Å². The second kappa shape index (κ2) is 10.00. The third-order valence-corrected chi connectivity index (χ3v) is 7.72. The molecule has 8 nitrogen and oxygen atoms in total. The quantitative estimate of drug-likeness (QED) is 0.535. The van der Waals surface area contributed by atoms with Gasteiger partial charge in [-0.2, -0.15) is 13.2 Å². The first-order valence-corrected chi connectivity index (χ1v) is 12.5. The number of likely N-dealkylation sites (tertiary alicyclic amines) is 1. The molecule has 2 aromatic rings. The zero-order valence-corrected chi connectivity index (χ0v) is 20.6. The Labute approximate surface area is 206 Å². The lowest BCUT2D eigenvalue weighted by atomic mass is 10.0. The van der Waals surface area contributed by atoms with E-state index in [0.717, 1.165) is 29.2 Å². The number of alkyl halides is 3. The summed E-state index contributed by atoms with van der Waals surface area (Å²) in [7, 11) is -3.94. The molecule has 0 radical (unpaired) electrons. The SMILES string of the molecule is CC(C)(C)OC(=O)C1CC(S(=O)(=O)c2ccc(Oc3ccc(C(F)(F)F)cc3)cc2)CCN1C(=O)O. The normalized spacial score (nSPS) is 19.0. The second-order valence-electron chi connectivity index (χ2n) is 9.31. The first kappa shape index (κ1) is 27.3. The van der Waals surface area contributed by atoms with Crippen LogP contribution in [0.1, 0.15) is 39.2 Å². The van der Waals surface area contributed by atoms with E-state index in [1.807, 2.05) is 0 Å². The zero-order valence-electron chi connectivity index (χ0n) is 19.8. The van der Waals surface area contributed by atoms with Crippen LogP contribution < -0.4 is 4.74 Å². The van der Waals surface area contributed by atoms with Crippen molar-refractivity contribution in [2.45, 2.75) is 61.6 Å². The molecule has 0 saturated carbocycles. The van der Waals surface area contributed by atoms with Gasteiger partial charge < -0.3 is 14.6 Å². The maximum Gasteiger partial charge on any atom is 0.416 e. The highest BCUT2D eigenvalue weighted by molar-refractivity contribution is 7.92. The van der Waals surface area contributed by atoms with E-state index in [1.165, 1.54) is 24.3 Å².